The summed E-state index contributed by atoms with van der Waals surface area (Å²) in [4.78, 5) is 29.3. The normalized spacial score (nSPS) is 14.4. The number of ether oxygens (including phenoxy) is 3. The summed E-state index contributed by atoms with van der Waals surface area (Å²) in [5.41, 5.74) is 6.82. The molecule has 4 aromatic rings. The number of carbonyl (C=O) groups excluding carboxylic acids is 2. The summed E-state index contributed by atoms with van der Waals surface area (Å²) in [5, 5.41) is 3.10. The average Bonchev–Trinajstić information content (AvgIpc) is 3.06. The van der Waals surface area contributed by atoms with E-state index in [4.69, 9.17) is 14.2 Å². The Labute approximate surface area is 265 Å². The van der Waals surface area contributed by atoms with E-state index in [9.17, 15) is 9.59 Å². The maximum Gasteiger partial charge on any atom is 0.251 e. The van der Waals surface area contributed by atoms with Crippen LogP contribution in [0.25, 0.3) is 0 Å². The van der Waals surface area contributed by atoms with Crippen LogP contribution in [-0.2, 0) is 30.9 Å². The van der Waals surface area contributed by atoms with Gasteiger partial charge in [-0.15, -0.1) is 0 Å². The topological polar surface area (TPSA) is 77.1 Å². The van der Waals surface area contributed by atoms with Crippen LogP contribution in [0.2, 0.25) is 0 Å². The van der Waals surface area contributed by atoms with Gasteiger partial charge in [-0.25, -0.2) is 0 Å². The molecular weight excluding hydrogens is 564 g/mol. The first kappa shape index (κ1) is 30.3. The van der Waals surface area contributed by atoms with Crippen LogP contribution in [0.1, 0.15) is 63.5 Å². The molecule has 4 aromatic carbocycles. The molecule has 0 fully saturated rings. The molecule has 1 N–H and O–H groups in total. The third-order valence-corrected chi connectivity index (χ3v) is 8.68. The highest BCUT2D eigenvalue weighted by molar-refractivity contribution is 5.96. The molecule has 7 nitrogen and oxygen atoms in total. The molecule has 0 spiro atoms. The molecule has 0 saturated carbocycles. The van der Waals surface area contributed by atoms with E-state index < -0.39 is 0 Å². The van der Waals surface area contributed by atoms with Gasteiger partial charge in [0.05, 0.1) is 5.92 Å². The van der Waals surface area contributed by atoms with Crippen LogP contribution in [0.5, 0.6) is 17.2 Å². The van der Waals surface area contributed by atoms with Crippen molar-refractivity contribution in [1.29, 1.82) is 0 Å². The summed E-state index contributed by atoms with van der Waals surface area (Å²) >= 11 is 0. The highest BCUT2D eigenvalue weighted by atomic mass is 16.6. The molecule has 1 unspecified atom stereocenters. The van der Waals surface area contributed by atoms with Gasteiger partial charge in [0.15, 0.2) is 11.5 Å². The molecule has 0 radical (unpaired) electrons. The molecule has 7 heteroatoms. The van der Waals surface area contributed by atoms with Crippen LogP contribution in [0.3, 0.4) is 0 Å². The standard InChI is InChI=1S/C38H40N2O5/c1-25(2)36(28-12-14-31(15-13-28)45-24-27-8-5-4-6-9-27)38(42)40-17-16-32-29(23-40)10-7-11-33(32)37(41)39-22-30-21-35-34(20-26(30)3)43-18-19-44-35/h4-15,20-21,25,36H,16-19,22-24H2,1-3H3,(H,39,41). The first-order chi connectivity index (χ1) is 21.9. The van der Waals surface area contributed by atoms with Crippen LogP contribution in [0, 0.1) is 12.8 Å². The van der Waals surface area contributed by atoms with Gasteiger partial charge in [-0.1, -0.05) is 68.4 Å². The summed E-state index contributed by atoms with van der Waals surface area (Å²) < 4.78 is 17.4. The Hall–Kier alpha value is -4.78. The monoisotopic (exact) mass is 604 g/mol. The first-order valence-electron chi connectivity index (χ1n) is 15.7. The van der Waals surface area contributed by atoms with Gasteiger partial charge >= 0.3 is 0 Å². The molecule has 0 aliphatic carbocycles. The van der Waals surface area contributed by atoms with Crippen molar-refractivity contribution in [3.8, 4) is 17.2 Å². The summed E-state index contributed by atoms with van der Waals surface area (Å²) in [5.74, 6) is 2.08. The number of nitrogens with one attached hydrogen (secondary N) is 1. The van der Waals surface area contributed by atoms with Crippen LogP contribution in [0.15, 0.2) is 84.9 Å². The number of aryl methyl sites for hydroxylation is 1. The van der Waals surface area contributed by atoms with Gasteiger partial charge in [0.1, 0.15) is 25.6 Å². The Morgan fingerprint density at radius 3 is 2.38 bits per heavy atom. The fraction of sp³-hybridized carbons (Fsp3) is 0.316. The van der Waals surface area contributed by atoms with Gasteiger partial charge in [-0.05, 0) is 83.0 Å². The Bertz CT molecular complexity index is 1670. The lowest BCUT2D eigenvalue weighted by molar-refractivity contribution is -0.134. The highest BCUT2D eigenvalue weighted by Crippen LogP contribution is 2.34. The lowest BCUT2D eigenvalue weighted by atomic mass is 9.86. The van der Waals surface area contributed by atoms with Crippen molar-refractivity contribution in [2.24, 2.45) is 5.92 Å². The number of hydrogen-bond acceptors (Lipinski definition) is 5. The second-order valence-electron chi connectivity index (χ2n) is 12.1. The van der Waals surface area contributed by atoms with Crippen LogP contribution in [-0.4, -0.2) is 36.5 Å². The smallest absolute Gasteiger partial charge is 0.251 e. The SMILES string of the molecule is Cc1cc2c(cc1CNC(=O)c1cccc3c1CCN(C(=O)C(c1ccc(OCc4ccccc4)cc1)C(C)C)C3)OCCO2. The molecule has 45 heavy (non-hydrogen) atoms. The van der Waals surface area contributed by atoms with Crippen LogP contribution < -0.4 is 19.5 Å². The number of benzene rings is 4. The van der Waals surface area contributed by atoms with E-state index in [-0.39, 0.29) is 23.7 Å². The lowest BCUT2D eigenvalue weighted by Gasteiger charge is -2.34. The maximum atomic E-state index is 14.0. The van der Waals surface area contributed by atoms with E-state index in [2.05, 4.69) is 19.2 Å². The molecule has 2 aliphatic heterocycles. The quantitative estimate of drug-likeness (QED) is 0.233. The van der Waals surface area contributed by atoms with Crippen molar-refractivity contribution in [1.82, 2.24) is 10.2 Å². The molecule has 1 atom stereocenters. The van der Waals surface area contributed by atoms with Gasteiger partial charge < -0.3 is 24.4 Å². The maximum absolute atomic E-state index is 14.0. The highest BCUT2D eigenvalue weighted by Gasteiger charge is 2.32. The molecule has 0 bridgehead atoms. The Morgan fingerprint density at radius 2 is 1.64 bits per heavy atom. The number of amides is 2. The van der Waals surface area contributed by atoms with Gasteiger partial charge in [-0.2, -0.15) is 0 Å². The van der Waals surface area contributed by atoms with Crippen molar-refractivity contribution in [2.45, 2.75) is 52.8 Å². The lowest BCUT2D eigenvalue weighted by Crippen LogP contribution is -2.41. The van der Waals surface area contributed by atoms with Gasteiger partial charge in [0.2, 0.25) is 5.91 Å². The minimum absolute atomic E-state index is 0.109. The summed E-state index contributed by atoms with van der Waals surface area (Å²) in [7, 11) is 0. The van der Waals surface area contributed by atoms with Crippen LogP contribution >= 0.6 is 0 Å². The molecule has 0 aromatic heterocycles. The fourth-order valence-corrected chi connectivity index (χ4v) is 6.23. The van der Waals surface area contributed by atoms with E-state index in [1.165, 1.54) is 0 Å². The minimum Gasteiger partial charge on any atom is -0.489 e. The third kappa shape index (κ3) is 6.83. The zero-order chi connectivity index (χ0) is 31.3. The summed E-state index contributed by atoms with van der Waals surface area (Å²) in [6.07, 6.45) is 0.630. The molecule has 2 heterocycles. The van der Waals surface area contributed by atoms with E-state index in [1.807, 2.05) is 96.8 Å². The molecule has 6 rings (SSSR count). The number of hydrogen-bond donors (Lipinski definition) is 1. The predicted octanol–water partition coefficient (Wildman–Crippen LogP) is 6.60. The number of fused-ring (bicyclic) bond motifs is 2. The predicted molar refractivity (Wildman–Crippen MR) is 174 cm³/mol. The minimum atomic E-state index is -0.268. The van der Waals surface area contributed by atoms with Gasteiger partial charge in [-0.3, -0.25) is 9.59 Å². The fourth-order valence-electron chi connectivity index (χ4n) is 6.23. The van der Waals surface area contributed by atoms with Crippen molar-refractivity contribution in [3.05, 3.63) is 124 Å². The van der Waals surface area contributed by atoms with E-state index in [0.29, 0.717) is 57.2 Å². The van der Waals surface area contributed by atoms with Crippen molar-refractivity contribution in [2.75, 3.05) is 19.8 Å². The number of rotatable bonds is 9. The third-order valence-electron chi connectivity index (χ3n) is 8.68. The van der Waals surface area contributed by atoms with Gasteiger partial charge in [0, 0.05) is 25.2 Å². The van der Waals surface area contributed by atoms with Crippen molar-refractivity contribution < 1.29 is 23.8 Å². The second kappa shape index (κ2) is 13.5. The molecule has 2 aliphatic rings. The zero-order valence-electron chi connectivity index (χ0n) is 26.2. The molecule has 232 valence electrons. The number of carbonyl (C=O) groups is 2. The second-order valence-corrected chi connectivity index (χ2v) is 12.1. The van der Waals surface area contributed by atoms with E-state index in [0.717, 1.165) is 44.9 Å². The molecular formula is C38H40N2O5. The Morgan fingerprint density at radius 1 is 0.911 bits per heavy atom. The van der Waals surface area contributed by atoms with Crippen LogP contribution in [0.4, 0.5) is 0 Å². The zero-order valence-corrected chi connectivity index (χ0v) is 26.2. The van der Waals surface area contributed by atoms with E-state index >= 15 is 0 Å². The first-order valence-corrected chi connectivity index (χ1v) is 15.7. The van der Waals surface area contributed by atoms with E-state index in [1.54, 1.807) is 0 Å². The molecule has 2 amide bonds. The van der Waals surface area contributed by atoms with Crippen molar-refractivity contribution >= 4 is 11.8 Å². The Kier molecular flexibility index (Phi) is 9.06. The van der Waals surface area contributed by atoms with Crippen molar-refractivity contribution in [3.63, 3.8) is 0 Å². The largest absolute Gasteiger partial charge is 0.489 e. The van der Waals surface area contributed by atoms with Gasteiger partial charge in [0.25, 0.3) is 5.91 Å². The summed E-state index contributed by atoms with van der Waals surface area (Å²) in [6.45, 7) is 9.19. The summed E-state index contributed by atoms with van der Waals surface area (Å²) in [6, 6.07) is 27.7. The Balaban J connectivity index is 1.11. The number of nitrogens with zero attached hydrogens (tertiary/aromatic N) is 1. The molecule has 0 saturated heterocycles. The average molecular weight is 605 g/mol.